The minimum atomic E-state index is 0.250. The summed E-state index contributed by atoms with van der Waals surface area (Å²) < 4.78 is 0. The van der Waals surface area contributed by atoms with E-state index in [2.05, 4.69) is 67.1 Å². The molecule has 0 saturated heterocycles. The van der Waals surface area contributed by atoms with Gasteiger partial charge in [-0.15, -0.1) is 11.3 Å². The Bertz CT molecular complexity index is 463. The molecular weight excluding hydrogens is 250 g/mol. The van der Waals surface area contributed by atoms with E-state index in [1.807, 2.05) is 11.3 Å². The van der Waals surface area contributed by atoms with Gasteiger partial charge in [0, 0.05) is 16.8 Å². The second kappa shape index (κ2) is 6.88. The highest BCUT2D eigenvalue weighted by Crippen LogP contribution is 2.33. The SMILES string of the molecule is CCC(CCc1cccs1)(CNC)c1ccccc1. The number of hydrogen-bond acceptors (Lipinski definition) is 2. The molecule has 0 fully saturated rings. The molecule has 0 saturated carbocycles. The Balaban J connectivity index is 2.18. The first-order valence-electron chi connectivity index (χ1n) is 7.03. The third-order valence-corrected chi connectivity index (χ3v) is 4.94. The summed E-state index contributed by atoms with van der Waals surface area (Å²) in [6.45, 7) is 3.34. The number of thiophene rings is 1. The number of aryl methyl sites for hydroxylation is 1. The highest BCUT2D eigenvalue weighted by Gasteiger charge is 2.29. The van der Waals surface area contributed by atoms with E-state index in [1.54, 1.807) is 0 Å². The van der Waals surface area contributed by atoms with Gasteiger partial charge in [-0.25, -0.2) is 0 Å². The molecular formula is C17H23NS. The Hall–Kier alpha value is -1.12. The molecule has 0 bridgehead atoms. The van der Waals surface area contributed by atoms with Gasteiger partial charge in [0.05, 0.1) is 0 Å². The summed E-state index contributed by atoms with van der Waals surface area (Å²) in [4.78, 5) is 1.49. The molecule has 2 heteroatoms. The monoisotopic (exact) mass is 273 g/mol. The van der Waals surface area contributed by atoms with Crippen molar-refractivity contribution >= 4 is 11.3 Å². The quantitative estimate of drug-likeness (QED) is 0.795. The molecule has 1 atom stereocenters. The predicted octanol–water partition coefficient (Wildman–Crippen LogP) is 4.25. The Kier molecular flexibility index (Phi) is 5.17. The van der Waals surface area contributed by atoms with E-state index in [0.717, 1.165) is 6.54 Å². The summed E-state index contributed by atoms with van der Waals surface area (Å²) in [6, 6.07) is 15.3. The van der Waals surface area contributed by atoms with Crippen LogP contribution in [0.5, 0.6) is 0 Å². The minimum absolute atomic E-state index is 0.250. The second-order valence-corrected chi connectivity index (χ2v) is 6.14. The maximum Gasteiger partial charge on any atom is 0.00785 e. The smallest absolute Gasteiger partial charge is 0.00785 e. The Labute approximate surface area is 120 Å². The number of likely N-dealkylation sites (N-methyl/N-ethyl adjacent to an activating group) is 1. The maximum absolute atomic E-state index is 3.39. The lowest BCUT2D eigenvalue weighted by atomic mass is 9.74. The number of benzene rings is 1. The third kappa shape index (κ3) is 3.46. The van der Waals surface area contributed by atoms with E-state index in [-0.39, 0.29) is 5.41 Å². The zero-order valence-electron chi connectivity index (χ0n) is 11.9. The van der Waals surface area contributed by atoms with Crippen LogP contribution in [-0.4, -0.2) is 13.6 Å². The van der Waals surface area contributed by atoms with Crippen molar-refractivity contribution < 1.29 is 0 Å². The summed E-state index contributed by atoms with van der Waals surface area (Å²) in [5.41, 5.74) is 1.71. The van der Waals surface area contributed by atoms with Crippen LogP contribution in [0.1, 0.15) is 30.2 Å². The Morgan fingerprint density at radius 3 is 2.47 bits per heavy atom. The van der Waals surface area contributed by atoms with Crippen LogP contribution in [0, 0.1) is 0 Å². The van der Waals surface area contributed by atoms with Crippen LogP contribution in [0.2, 0.25) is 0 Å². The van der Waals surface area contributed by atoms with Crippen LogP contribution in [0.25, 0.3) is 0 Å². The van der Waals surface area contributed by atoms with Gasteiger partial charge in [0.1, 0.15) is 0 Å². The molecule has 1 heterocycles. The molecule has 0 aliphatic rings. The van der Waals surface area contributed by atoms with Crippen molar-refractivity contribution in [3.05, 3.63) is 58.3 Å². The van der Waals surface area contributed by atoms with Crippen LogP contribution >= 0.6 is 11.3 Å². The fourth-order valence-corrected chi connectivity index (χ4v) is 3.50. The first-order chi connectivity index (χ1) is 9.30. The molecule has 2 rings (SSSR count). The topological polar surface area (TPSA) is 12.0 Å². The Morgan fingerprint density at radius 1 is 1.11 bits per heavy atom. The van der Waals surface area contributed by atoms with Crippen molar-refractivity contribution in [1.82, 2.24) is 5.32 Å². The summed E-state index contributed by atoms with van der Waals surface area (Å²) in [5, 5.41) is 5.56. The summed E-state index contributed by atoms with van der Waals surface area (Å²) >= 11 is 1.87. The van der Waals surface area contributed by atoms with Crippen molar-refractivity contribution in [2.24, 2.45) is 0 Å². The van der Waals surface area contributed by atoms with Crippen LogP contribution < -0.4 is 5.32 Å². The lowest BCUT2D eigenvalue weighted by molar-refractivity contribution is 0.366. The molecule has 102 valence electrons. The van der Waals surface area contributed by atoms with E-state index in [9.17, 15) is 0 Å². The van der Waals surface area contributed by atoms with E-state index in [4.69, 9.17) is 0 Å². The average molecular weight is 273 g/mol. The van der Waals surface area contributed by atoms with Crippen LogP contribution in [-0.2, 0) is 11.8 Å². The van der Waals surface area contributed by atoms with Crippen LogP contribution in [0.15, 0.2) is 47.8 Å². The van der Waals surface area contributed by atoms with E-state index >= 15 is 0 Å². The molecule has 0 radical (unpaired) electrons. The van der Waals surface area contributed by atoms with Crippen LogP contribution in [0.4, 0.5) is 0 Å². The van der Waals surface area contributed by atoms with Crippen LogP contribution in [0.3, 0.4) is 0 Å². The molecule has 0 spiro atoms. The van der Waals surface area contributed by atoms with Gasteiger partial charge in [0.15, 0.2) is 0 Å². The lowest BCUT2D eigenvalue weighted by Gasteiger charge is -2.33. The molecule has 1 N–H and O–H groups in total. The standard InChI is InChI=1S/C17H23NS/c1-3-17(14-18-2,15-8-5-4-6-9-15)12-11-16-10-7-13-19-16/h4-10,13,18H,3,11-12,14H2,1-2H3. The molecule has 1 aromatic heterocycles. The van der Waals surface area contributed by atoms with Crippen molar-refractivity contribution in [2.45, 2.75) is 31.6 Å². The maximum atomic E-state index is 3.39. The van der Waals surface area contributed by atoms with Crippen molar-refractivity contribution in [1.29, 1.82) is 0 Å². The molecule has 2 aromatic rings. The number of rotatable bonds is 7. The Morgan fingerprint density at radius 2 is 1.89 bits per heavy atom. The first kappa shape index (κ1) is 14.3. The largest absolute Gasteiger partial charge is 0.319 e. The van der Waals surface area contributed by atoms with Gasteiger partial charge in [-0.1, -0.05) is 43.3 Å². The fraction of sp³-hybridized carbons (Fsp3) is 0.412. The molecule has 0 aliphatic heterocycles. The molecule has 1 aromatic carbocycles. The molecule has 1 unspecified atom stereocenters. The summed E-state index contributed by atoms with van der Waals surface area (Å²) in [5.74, 6) is 0. The van der Waals surface area contributed by atoms with Gasteiger partial charge >= 0.3 is 0 Å². The second-order valence-electron chi connectivity index (χ2n) is 5.11. The summed E-state index contributed by atoms with van der Waals surface area (Å²) in [6.07, 6.45) is 3.54. The molecule has 1 nitrogen and oxygen atoms in total. The zero-order chi connectivity index (χ0) is 13.6. The van der Waals surface area contributed by atoms with Gasteiger partial charge < -0.3 is 5.32 Å². The van der Waals surface area contributed by atoms with Gasteiger partial charge in [-0.3, -0.25) is 0 Å². The zero-order valence-corrected chi connectivity index (χ0v) is 12.7. The van der Waals surface area contributed by atoms with E-state index < -0.39 is 0 Å². The summed E-state index contributed by atoms with van der Waals surface area (Å²) in [7, 11) is 2.05. The van der Waals surface area contributed by atoms with Crippen molar-refractivity contribution in [3.8, 4) is 0 Å². The third-order valence-electron chi connectivity index (χ3n) is 4.01. The minimum Gasteiger partial charge on any atom is -0.319 e. The predicted molar refractivity (Wildman–Crippen MR) is 85.0 cm³/mol. The van der Waals surface area contributed by atoms with E-state index in [1.165, 1.54) is 29.7 Å². The molecule has 19 heavy (non-hydrogen) atoms. The normalized spacial score (nSPS) is 14.2. The van der Waals surface area contributed by atoms with Gasteiger partial charge in [-0.2, -0.15) is 0 Å². The highest BCUT2D eigenvalue weighted by molar-refractivity contribution is 7.09. The first-order valence-corrected chi connectivity index (χ1v) is 7.91. The number of hydrogen-bond donors (Lipinski definition) is 1. The van der Waals surface area contributed by atoms with Gasteiger partial charge in [0.25, 0.3) is 0 Å². The van der Waals surface area contributed by atoms with Crippen molar-refractivity contribution in [2.75, 3.05) is 13.6 Å². The van der Waals surface area contributed by atoms with Crippen molar-refractivity contribution in [3.63, 3.8) is 0 Å². The number of nitrogens with one attached hydrogen (secondary N) is 1. The van der Waals surface area contributed by atoms with Gasteiger partial charge in [-0.05, 0) is 43.3 Å². The van der Waals surface area contributed by atoms with E-state index in [0.29, 0.717) is 0 Å². The highest BCUT2D eigenvalue weighted by atomic mass is 32.1. The fourth-order valence-electron chi connectivity index (χ4n) is 2.79. The lowest BCUT2D eigenvalue weighted by Crippen LogP contribution is -2.36. The molecule has 0 amide bonds. The van der Waals surface area contributed by atoms with Gasteiger partial charge in [0.2, 0.25) is 0 Å². The average Bonchev–Trinajstić information content (AvgIpc) is 2.98. The molecule has 0 aliphatic carbocycles.